The van der Waals surface area contributed by atoms with E-state index < -0.39 is 15.8 Å². The number of hydrogen-bond donors (Lipinski definition) is 1. The molecular formula is C12H12FNO3S. The highest BCUT2D eigenvalue weighted by atomic mass is 32.2. The van der Waals surface area contributed by atoms with E-state index in [2.05, 4.69) is 4.72 Å². The second kappa shape index (κ2) is 4.91. The van der Waals surface area contributed by atoms with E-state index in [4.69, 9.17) is 4.42 Å². The predicted octanol–water partition coefficient (Wildman–Crippen LogP) is 2.21. The number of rotatable bonds is 4. The van der Waals surface area contributed by atoms with Crippen molar-refractivity contribution in [3.05, 3.63) is 53.7 Å². The molecule has 0 saturated carbocycles. The Labute approximate surface area is 104 Å². The van der Waals surface area contributed by atoms with Crippen LogP contribution in [0.25, 0.3) is 0 Å². The van der Waals surface area contributed by atoms with Crippen molar-refractivity contribution in [3.8, 4) is 0 Å². The standard InChI is InChI=1S/C12H12FNO3S/c1-9-6-11(13)2-3-12(9)18(15,16)14-7-10-4-5-17-8-10/h2-6,8,14H,7H2,1H3. The van der Waals surface area contributed by atoms with E-state index in [0.717, 1.165) is 11.6 Å². The Morgan fingerprint density at radius 2 is 2.11 bits per heavy atom. The summed E-state index contributed by atoms with van der Waals surface area (Å²) in [6.07, 6.45) is 2.92. The van der Waals surface area contributed by atoms with Gasteiger partial charge in [0.1, 0.15) is 5.82 Å². The van der Waals surface area contributed by atoms with Gasteiger partial charge >= 0.3 is 0 Å². The summed E-state index contributed by atoms with van der Waals surface area (Å²) in [6.45, 7) is 1.69. The van der Waals surface area contributed by atoms with Crippen LogP contribution in [0.5, 0.6) is 0 Å². The Morgan fingerprint density at radius 1 is 1.33 bits per heavy atom. The molecular weight excluding hydrogens is 257 g/mol. The van der Waals surface area contributed by atoms with Crippen LogP contribution in [0, 0.1) is 12.7 Å². The smallest absolute Gasteiger partial charge is 0.241 e. The molecule has 0 fully saturated rings. The Balaban J connectivity index is 2.20. The monoisotopic (exact) mass is 269 g/mol. The fourth-order valence-corrected chi connectivity index (χ4v) is 2.81. The molecule has 0 atom stereocenters. The van der Waals surface area contributed by atoms with Crippen LogP contribution >= 0.6 is 0 Å². The first-order valence-electron chi connectivity index (χ1n) is 5.26. The van der Waals surface area contributed by atoms with Gasteiger partial charge in [-0.25, -0.2) is 17.5 Å². The molecule has 0 aliphatic carbocycles. The van der Waals surface area contributed by atoms with Crippen molar-refractivity contribution >= 4 is 10.0 Å². The molecule has 0 saturated heterocycles. The van der Waals surface area contributed by atoms with E-state index in [1.807, 2.05) is 0 Å². The topological polar surface area (TPSA) is 59.3 Å². The number of benzene rings is 1. The summed E-state index contributed by atoms with van der Waals surface area (Å²) in [5.74, 6) is -0.457. The lowest BCUT2D eigenvalue weighted by Crippen LogP contribution is -2.23. The lowest BCUT2D eigenvalue weighted by molar-refractivity contribution is 0.561. The Bertz CT molecular complexity index is 635. The second-order valence-corrected chi connectivity index (χ2v) is 5.60. The molecule has 4 nitrogen and oxygen atoms in total. The van der Waals surface area contributed by atoms with Crippen molar-refractivity contribution in [2.24, 2.45) is 0 Å². The number of hydrogen-bond acceptors (Lipinski definition) is 3. The minimum absolute atomic E-state index is 0.0763. The molecule has 2 rings (SSSR count). The van der Waals surface area contributed by atoms with Gasteiger partial charge in [-0.15, -0.1) is 0 Å². The molecule has 0 radical (unpaired) electrons. The third-order valence-corrected chi connectivity index (χ3v) is 4.03. The largest absolute Gasteiger partial charge is 0.472 e. The third-order valence-electron chi connectivity index (χ3n) is 2.47. The number of halogens is 1. The van der Waals surface area contributed by atoms with E-state index in [0.29, 0.717) is 5.56 Å². The number of sulfonamides is 1. The van der Waals surface area contributed by atoms with Crippen LogP contribution in [-0.2, 0) is 16.6 Å². The SMILES string of the molecule is Cc1cc(F)ccc1S(=O)(=O)NCc1ccoc1. The van der Waals surface area contributed by atoms with Gasteiger partial charge in [0.15, 0.2) is 0 Å². The van der Waals surface area contributed by atoms with Crippen molar-refractivity contribution < 1.29 is 17.2 Å². The highest BCUT2D eigenvalue weighted by Gasteiger charge is 2.16. The molecule has 1 N–H and O–H groups in total. The van der Waals surface area contributed by atoms with Crippen LogP contribution < -0.4 is 4.72 Å². The van der Waals surface area contributed by atoms with Gasteiger partial charge < -0.3 is 4.42 Å². The average Bonchev–Trinajstić information content (AvgIpc) is 2.78. The van der Waals surface area contributed by atoms with Crippen molar-refractivity contribution in [1.82, 2.24) is 4.72 Å². The van der Waals surface area contributed by atoms with Gasteiger partial charge in [-0.1, -0.05) is 0 Å². The first-order chi connectivity index (χ1) is 8.49. The third kappa shape index (κ3) is 2.77. The molecule has 18 heavy (non-hydrogen) atoms. The van der Waals surface area contributed by atoms with Gasteiger partial charge in [0.05, 0.1) is 17.4 Å². The Hall–Kier alpha value is -1.66. The van der Waals surface area contributed by atoms with Crippen LogP contribution in [0.3, 0.4) is 0 Å². The molecule has 1 aromatic heterocycles. The molecule has 0 unspecified atom stereocenters. The van der Waals surface area contributed by atoms with Crippen molar-refractivity contribution in [2.45, 2.75) is 18.4 Å². The minimum Gasteiger partial charge on any atom is -0.472 e. The Kier molecular flexibility index (Phi) is 3.49. The molecule has 6 heteroatoms. The molecule has 0 amide bonds. The number of nitrogens with one attached hydrogen (secondary N) is 1. The molecule has 2 aromatic rings. The molecule has 96 valence electrons. The van der Waals surface area contributed by atoms with E-state index >= 15 is 0 Å². The molecule has 0 aliphatic heterocycles. The summed E-state index contributed by atoms with van der Waals surface area (Å²) < 4.78 is 44.2. The summed E-state index contributed by atoms with van der Waals surface area (Å²) in [7, 11) is -3.64. The van der Waals surface area contributed by atoms with Gasteiger partial charge in [0, 0.05) is 12.1 Å². The van der Waals surface area contributed by atoms with Gasteiger partial charge in [-0.2, -0.15) is 0 Å². The second-order valence-electron chi connectivity index (χ2n) is 3.87. The highest BCUT2D eigenvalue weighted by molar-refractivity contribution is 7.89. The average molecular weight is 269 g/mol. The first kappa shape index (κ1) is 12.8. The maximum absolute atomic E-state index is 12.9. The molecule has 1 aromatic carbocycles. The van der Waals surface area contributed by atoms with Crippen LogP contribution in [0.1, 0.15) is 11.1 Å². The zero-order valence-corrected chi connectivity index (χ0v) is 10.5. The van der Waals surface area contributed by atoms with Crippen molar-refractivity contribution in [2.75, 3.05) is 0 Å². The molecule has 0 bridgehead atoms. The van der Waals surface area contributed by atoms with Crippen LogP contribution in [-0.4, -0.2) is 8.42 Å². The zero-order valence-electron chi connectivity index (χ0n) is 9.68. The lowest BCUT2D eigenvalue weighted by Gasteiger charge is -2.08. The van der Waals surface area contributed by atoms with Crippen molar-refractivity contribution in [3.63, 3.8) is 0 Å². The van der Waals surface area contributed by atoms with Gasteiger partial charge in [0.25, 0.3) is 0 Å². The van der Waals surface area contributed by atoms with Crippen molar-refractivity contribution in [1.29, 1.82) is 0 Å². The summed E-state index contributed by atoms with van der Waals surface area (Å²) in [5.41, 5.74) is 1.09. The maximum atomic E-state index is 12.9. The number of furan rings is 1. The van der Waals surface area contributed by atoms with E-state index in [1.54, 1.807) is 13.0 Å². The molecule has 0 spiro atoms. The molecule has 0 aliphatic rings. The normalized spacial score (nSPS) is 11.7. The lowest BCUT2D eigenvalue weighted by atomic mass is 10.2. The zero-order chi connectivity index (χ0) is 13.2. The maximum Gasteiger partial charge on any atom is 0.241 e. The minimum atomic E-state index is -3.64. The van der Waals surface area contributed by atoms with Gasteiger partial charge in [-0.05, 0) is 36.8 Å². The summed E-state index contributed by atoms with van der Waals surface area (Å²) in [4.78, 5) is 0.0763. The summed E-state index contributed by atoms with van der Waals surface area (Å²) >= 11 is 0. The van der Waals surface area contributed by atoms with Crippen LogP contribution in [0.2, 0.25) is 0 Å². The van der Waals surface area contributed by atoms with E-state index in [-0.39, 0.29) is 11.4 Å². The van der Waals surface area contributed by atoms with Gasteiger partial charge in [-0.3, -0.25) is 0 Å². The summed E-state index contributed by atoms with van der Waals surface area (Å²) in [6, 6.07) is 5.23. The van der Waals surface area contributed by atoms with E-state index in [1.165, 1.54) is 24.7 Å². The quantitative estimate of drug-likeness (QED) is 0.925. The number of aryl methyl sites for hydroxylation is 1. The van der Waals surface area contributed by atoms with E-state index in [9.17, 15) is 12.8 Å². The highest BCUT2D eigenvalue weighted by Crippen LogP contribution is 2.16. The fourth-order valence-electron chi connectivity index (χ4n) is 1.56. The van der Waals surface area contributed by atoms with Crippen LogP contribution in [0.4, 0.5) is 4.39 Å². The Morgan fingerprint density at radius 3 is 2.72 bits per heavy atom. The summed E-state index contributed by atoms with van der Waals surface area (Å²) in [5, 5.41) is 0. The fraction of sp³-hybridized carbons (Fsp3) is 0.167. The molecule has 1 heterocycles. The predicted molar refractivity (Wildman–Crippen MR) is 63.9 cm³/mol. The van der Waals surface area contributed by atoms with Gasteiger partial charge in [0.2, 0.25) is 10.0 Å². The van der Waals surface area contributed by atoms with Crippen LogP contribution in [0.15, 0.2) is 46.1 Å². The first-order valence-corrected chi connectivity index (χ1v) is 6.74.